The average molecular weight is 817 g/mol. The fourth-order valence-corrected chi connectivity index (χ4v) is 10.1. The van der Waals surface area contributed by atoms with Crippen LogP contribution in [0.2, 0.25) is 0 Å². The second-order valence-corrected chi connectivity index (χ2v) is 16.5. The van der Waals surface area contributed by atoms with Crippen LogP contribution >= 0.6 is 0 Å². The highest BCUT2D eigenvalue weighted by molar-refractivity contribution is 6.13. The first-order valence-corrected chi connectivity index (χ1v) is 21.6. The van der Waals surface area contributed by atoms with Crippen LogP contribution < -0.4 is 4.74 Å². The van der Waals surface area contributed by atoms with Crippen molar-refractivity contribution in [2.24, 2.45) is 0 Å². The van der Waals surface area contributed by atoms with E-state index >= 15 is 0 Å². The van der Waals surface area contributed by atoms with Gasteiger partial charge in [-0.25, -0.2) is 19.9 Å². The lowest BCUT2D eigenvalue weighted by Crippen LogP contribution is -2.32. The number of benzene rings is 9. The fraction of sp³-hybridized carbons (Fsp3) is 0.0169. The number of rotatable bonds is 5. The molecule has 0 atom stereocenters. The number of aromatic nitrogens is 4. The maximum absolute atomic E-state index is 6.94. The van der Waals surface area contributed by atoms with Crippen LogP contribution in [0, 0.1) is 0 Å². The Morgan fingerprint density at radius 3 is 1.39 bits per heavy atom. The highest BCUT2D eigenvalue weighted by Crippen LogP contribution is 2.62. The molecule has 0 fully saturated rings. The Bertz CT molecular complexity index is 3520. The van der Waals surface area contributed by atoms with E-state index < -0.39 is 5.41 Å². The van der Waals surface area contributed by atoms with Gasteiger partial charge in [-0.1, -0.05) is 194 Å². The van der Waals surface area contributed by atoms with Crippen molar-refractivity contribution in [3.8, 4) is 79.2 Å². The van der Waals surface area contributed by atoms with E-state index in [-0.39, 0.29) is 0 Å². The van der Waals surface area contributed by atoms with Gasteiger partial charge in [-0.15, -0.1) is 0 Å². The van der Waals surface area contributed by atoms with Gasteiger partial charge >= 0.3 is 0 Å². The molecule has 1 aliphatic carbocycles. The first-order chi connectivity index (χ1) is 31.7. The average Bonchev–Trinajstić information content (AvgIpc) is 3.66. The van der Waals surface area contributed by atoms with Gasteiger partial charge in [0.25, 0.3) is 0 Å². The molecule has 0 saturated heterocycles. The van der Waals surface area contributed by atoms with Crippen molar-refractivity contribution in [3.05, 3.63) is 241 Å². The molecule has 2 aromatic heterocycles. The molecule has 0 amide bonds. The van der Waals surface area contributed by atoms with Gasteiger partial charge in [-0.05, 0) is 63.0 Å². The van der Waals surface area contributed by atoms with Gasteiger partial charge in [0, 0.05) is 44.2 Å². The first-order valence-electron chi connectivity index (χ1n) is 21.6. The Labute approximate surface area is 370 Å². The fourth-order valence-electron chi connectivity index (χ4n) is 10.1. The van der Waals surface area contributed by atoms with Crippen LogP contribution in [-0.4, -0.2) is 19.9 Å². The predicted octanol–water partition coefficient (Wildman–Crippen LogP) is 14.4. The molecule has 0 saturated carbocycles. The summed E-state index contributed by atoms with van der Waals surface area (Å²) in [5.74, 6) is 3.62. The zero-order chi connectivity index (χ0) is 42.2. The smallest absolute Gasteiger partial charge is 0.164 e. The minimum Gasteiger partial charge on any atom is -0.457 e. The molecule has 64 heavy (non-hydrogen) atoms. The molecular formula is C59H36N4O. The quantitative estimate of drug-likeness (QED) is 0.162. The third kappa shape index (κ3) is 5.51. The van der Waals surface area contributed by atoms with Crippen LogP contribution in [0.15, 0.2) is 218 Å². The van der Waals surface area contributed by atoms with Crippen LogP contribution in [-0.2, 0) is 5.41 Å². The summed E-state index contributed by atoms with van der Waals surface area (Å²) in [6.45, 7) is 0. The summed E-state index contributed by atoms with van der Waals surface area (Å²) >= 11 is 0. The van der Waals surface area contributed by atoms with Crippen molar-refractivity contribution in [1.82, 2.24) is 19.9 Å². The minimum atomic E-state index is -0.571. The van der Waals surface area contributed by atoms with E-state index in [0.29, 0.717) is 17.5 Å². The van der Waals surface area contributed by atoms with E-state index in [4.69, 9.17) is 24.7 Å². The van der Waals surface area contributed by atoms with Crippen LogP contribution in [0.4, 0.5) is 0 Å². The largest absolute Gasteiger partial charge is 0.457 e. The van der Waals surface area contributed by atoms with Gasteiger partial charge in [0.2, 0.25) is 0 Å². The van der Waals surface area contributed by atoms with Gasteiger partial charge < -0.3 is 4.74 Å². The Morgan fingerprint density at radius 2 is 0.781 bits per heavy atom. The third-order valence-corrected chi connectivity index (χ3v) is 13.0. The third-order valence-electron chi connectivity index (χ3n) is 13.0. The maximum atomic E-state index is 6.94. The number of ether oxygens (including phenoxy) is 1. The van der Waals surface area contributed by atoms with Crippen LogP contribution in [0.3, 0.4) is 0 Å². The summed E-state index contributed by atoms with van der Waals surface area (Å²) in [6, 6.07) is 76.7. The topological polar surface area (TPSA) is 60.8 Å². The maximum Gasteiger partial charge on any atom is 0.164 e. The van der Waals surface area contributed by atoms with E-state index in [2.05, 4.69) is 158 Å². The molecule has 5 nitrogen and oxygen atoms in total. The Balaban J connectivity index is 0.982. The molecular weight excluding hydrogens is 781 g/mol. The Morgan fingerprint density at radius 1 is 0.297 bits per heavy atom. The number of hydrogen-bond donors (Lipinski definition) is 0. The molecule has 0 bridgehead atoms. The number of para-hydroxylation sites is 1. The zero-order valence-corrected chi connectivity index (χ0v) is 34.5. The lowest BCUT2D eigenvalue weighted by Gasteiger charge is -2.39. The van der Waals surface area contributed by atoms with Crippen molar-refractivity contribution in [2.75, 3.05) is 0 Å². The summed E-state index contributed by atoms with van der Waals surface area (Å²) in [5, 5.41) is 3.26. The van der Waals surface area contributed by atoms with Gasteiger partial charge in [-0.2, -0.15) is 0 Å². The molecule has 0 unspecified atom stereocenters. The van der Waals surface area contributed by atoms with Crippen molar-refractivity contribution >= 4 is 21.7 Å². The van der Waals surface area contributed by atoms with Gasteiger partial charge in [0.1, 0.15) is 11.5 Å². The Hall–Kier alpha value is -8.54. The van der Waals surface area contributed by atoms with Gasteiger partial charge in [0.15, 0.2) is 17.5 Å². The molecule has 13 rings (SSSR count). The molecule has 298 valence electrons. The number of nitrogens with zero attached hydrogens (tertiary/aromatic N) is 4. The molecule has 2 aliphatic rings. The van der Waals surface area contributed by atoms with Crippen LogP contribution in [0.1, 0.15) is 22.3 Å². The molecule has 9 aromatic carbocycles. The first kappa shape index (κ1) is 36.1. The predicted molar refractivity (Wildman–Crippen MR) is 257 cm³/mol. The van der Waals surface area contributed by atoms with E-state index in [0.717, 1.165) is 83.4 Å². The number of hydrogen-bond acceptors (Lipinski definition) is 5. The molecule has 0 N–H and O–H groups in total. The molecule has 3 heterocycles. The minimum absolute atomic E-state index is 0.571. The lowest BCUT2D eigenvalue weighted by atomic mass is 9.65. The number of fused-ring (bicyclic) bond motifs is 12. The molecule has 0 radical (unpaired) electrons. The molecule has 11 aromatic rings. The van der Waals surface area contributed by atoms with E-state index in [1.165, 1.54) is 22.3 Å². The van der Waals surface area contributed by atoms with Crippen molar-refractivity contribution < 1.29 is 4.74 Å². The monoisotopic (exact) mass is 816 g/mol. The van der Waals surface area contributed by atoms with Crippen molar-refractivity contribution in [1.29, 1.82) is 0 Å². The lowest BCUT2D eigenvalue weighted by molar-refractivity contribution is 0.437. The SMILES string of the molecule is c1ccc(-c2nc(-c3ccccc3)nc(-c3ccc(-c4ccc5c(c4)nc(-c4ccccc4)c4cc6c(cc45)C4(c5ccccc5O6)c5ccccc5-c5ccccc54)cc3)n2)cc1. The molecule has 1 aliphatic heterocycles. The van der Waals surface area contributed by atoms with Crippen LogP contribution in [0.25, 0.3) is 89.4 Å². The van der Waals surface area contributed by atoms with E-state index in [9.17, 15) is 0 Å². The summed E-state index contributed by atoms with van der Waals surface area (Å²) in [7, 11) is 0. The van der Waals surface area contributed by atoms with E-state index in [1.54, 1.807) is 0 Å². The Kier molecular flexibility index (Phi) is 8.06. The normalized spacial score (nSPS) is 12.9. The second kappa shape index (κ2) is 14.3. The zero-order valence-electron chi connectivity index (χ0n) is 34.5. The number of pyridine rings is 1. The molecule has 5 heteroatoms. The second-order valence-electron chi connectivity index (χ2n) is 16.5. The van der Waals surface area contributed by atoms with Crippen molar-refractivity contribution in [3.63, 3.8) is 0 Å². The van der Waals surface area contributed by atoms with Gasteiger partial charge in [0.05, 0.1) is 16.6 Å². The highest BCUT2D eigenvalue weighted by atomic mass is 16.5. The standard InChI is InChI=1S/C59H36N4O/c1-4-16-38(17-5-1)55-47-36-54-51(59(50-26-14-15-27-53(50)64-54)48-24-12-10-22-43(48)44-23-11-13-25-49(44)59)35-46(47)45-33-32-42(34-52(45)60-55)37-28-30-41(31-29-37)58-62-56(39-18-6-2-7-19-39)61-57(63-58)40-20-8-3-9-21-40/h1-36H. The van der Waals surface area contributed by atoms with Crippen molar-refractivity contribution in [2.45, 2.75) is 5.41 Å². The van der Waals surface area contributed by atoms with Gasteiger partial charge in [-0.3, -0.25) is 0 Å². The summed E-state index contributed by atoms with van der Waals surface area (Å²) in [4.78, 5) is 20.3. The van der Waals surface area contributed by atoms with Crippen LogP contribution in [0.5, 0.6) is 11.5 Å². The molecule has 1 spiro atoms. The summed E-state index contributed by atoms with van der Waals surface area (Å²) in [6.07, 6.45) is 0. The summed E-state index contributed by atoms with van der Waals surface area (Å²) < 4.78 is 6.94. The highest BCUT2D eigenvalue weighted by Gasteiger charge is 2.51. The summed E-state index contributed by atoms with van der Waals surface area (Å²) in [5.41, 5.74) is 14.6. The van der Waals surface area contributed by atoms with E-state index in [1.807, 2.05) is 60.7 Å².